The van der Waals surface area contributed by atoms with Gasteiger partial charge in [0.05, 0.1) is 16.4 Å². The quantitative estimate of drug-likeness (QED) is 0.162. The first-order chi connectivity index (χ1) is 34.7. The van der Waals surface area contributed by atoms with Crippen molar-refractivity contribution in [1.29, 1.82) is 0 Å². The van der Waals surface area contributed by atoms with Crippen LogP contribution < -0.4 is 0 Å². The Kier molecular flexibility index (Phi) is 8.25. The molecule has 2 aliphatic carbocycles. The Hall–Kier alpha value is -9.25. The van der Waals surface area contributed by atoms with Crippen LogP contribution in [0.1, 0.15) is 22.3 Å². The number of benzene rings is 11. The third-order valence-corrected chi connectivity index (χ3v) is 15.0. The van der Waals surface area contributed by atoms with Crippen LogP contribution in [0.2, 0.25) is 0 Å². The van der Waals surface area contributed by atoms with Crippen molar-refractivity contribution in [3.05, 3.63) is 265 Å². The largest absolute Gasteiger partial charge is 0.309 e. The van der Waals surface area contributed by atoms with Crippen LogP contribution in [0.4, 0.5) is 0 Å². The van der Waals surface area contributed by atoms with Crippen LogP contribution in [0.5, 0.6) is 0 Å². The number of nitrogens with zero attached hydrogens (tertiary/aromatic N) is 4. The van der Waals surface area contributed by atoms with Crippen LogP contribution in [0.15, 0.2) is 243 Å². The van der Waals surface area contributed by atoms with Crippen LogP contribution in [0.25, 0.3) is 117 Å². The molecule has 0 radical (unpaired) electrons. The van der Waals surface area contributed by atoms with Crippen LogP contribution in [0.3, 0.4) is 0 Å². The van der Waals surface area contributed by atoms with Crippen LogP contribution in [-0.2, 0) is 5.41 Å². The Balaban J connectivity index is 1.02. The van der Waals surface area contributed by atoms with Crippen molar-refractivity contribution in [1.82, 2.24) is 19.5 Å². The van der Waals surface area contributed by atoms with Crippen LogP contribution >= 0.6 is 0 Å². The average molecular weight is 889 g/mol. The fourth-order valence-corrected chi connectivity index (χ4v) is 12.2. The number of hydrogen-bond acceptors (Lipinski definition) is 3. The van der Waals surface area contributed by atoms with Gasteiger partial charge in [-0.15, -0.1) is 0 Å². The third-order valence-electron chi connectivity index (χ3n) is 15.0. The maximum absolute atomic E-state index is 5.62. The fourth-order valence-electron chi connectivity index (χ4n) is 12.2. The highest BCUT2D eigenvalue weighted by Crippen LogP contribution is 2.64. The minimum atomic E-state index is -0.499. The van der Waals surface area contributed by atoms with E-state index in [9.17, 15) is 0 Å². The van der Waals surface area contributed by atoms with Gasteiger partial charge in [0.1, 0.15) is 0 Å². The molecular weight excluding hydrogens is 849 g/mol. The lowest BCUT2D eigenvalue weighted by Gasteiger charge is -2.30. The normalized spacial score (nSPS) is 13.0. The fraction of sp³-hybridized carbons (Fsp3) is 0.0152. The molecule has 0 fully saturated rings. The molecule has 2 aromatic heterocycles. The van der Waals surface area contributed by atoms with E-state index in [0.29, 0.717) is 17.5 Å². The SMILES string of the molecule is c1ccc(-c2nc(-c3cc(-c4cc5ccccc5c5ccccc45)cc(-n4c5ccccc5c5ccccc54)c3)nc(-c3cccc4c3-c3ccccc3C43c4ccccc4-c4ccccc43)n2)cc1. The molecular formula is C66H40N4. The standard InChI is InChI=1S/C66H40N4/c1-2-19-41(20-3-1)63-67-64(69-65(68-63)54-30-18-34-59-62(54)53-29-10-15-33-58(53)66(59)56-31-13-8-25-49(56)50-26-9-14-32-57(50)66)44-37-43(55-40-42-21-4-5-22-46(42)47-23-6-7-24-48(47)55)38-45(39-44)70-60-35-16-11-27-51(60)52-28-12-17-36-61(52)70/h1-40H. The van der Waals surface area contributed by atoms with Gasteiger partial charge in [-0.2, -0.15) is 0 Å². The first kappa shape index (κ1) is 38.8. The molecule has 1 spiro atoms. The zero-order valence-electron chi connectivity index (χ0n) is 37.9. The molecule has 70 heavy (non-hydrogen) atoms. The minimum absolute atomic E-state index is 0.499. The monoisotopic (exact) mass is 888 g/mol. The lowest BCUT2D eigenvalue weighted by molar-refractivity contribution is 0.794. The Morgan fingerprint density at radius 3 is 1.47 bits per heavy atom. The van der Waals surface area contributed by atoms with E-state index in [1.807, 2.05) is 6.07 Å². The first-order valence-corrected chi connectivity index (χ1v) is 24.0. The molecule has 0 saturated carbocycles. The number of para-hydroxylation sites is 2. The van der Waals surface area contributed by atoms with E-state index in [0.717, 1.165) is 50.1 Å². The Bertz CT molecular complexity index is 4220. The van der Waals surface area contributed by atoms with Crippen molar-refractivity contribution in [2.45, 2.75) is 5.41 Å². The van der Waals surface area contributed by atoms with Gasteiger partial charge < -0.3 is 4.57 Å². The van der Waals surface area contributed by atoms with E-state index in [1.165, 1.54) is 71.3 Å². The summed E-state index contributed by atoms with van der Waals surface area (Å²) in [7, 11) is 0. The molecule has 15 rings (SSSR count). The second-order valence-electron chi connectivity index (χ2n) is 18.6. The predicted molar refractivity (Wildman–Crippen MR) is 287 cm³/mol. The number of hydrogen-bond donors (Lipinski definition) is 0. The zero-order valence-corrected chi connectivity index (χ0v) is 37.9. The molecule has 4 heteroatoms. The van der Waals surface area contributed by atoms with E-state index in [-0.39, 0.29) is 0 Å². The molecule has 2 heterocycles. The first-order valence-electron chi connectivity index (χ1n) is 24.0. The zero-order chi connectivity index (χ0) is 45.9. The minimum Gasteiger partial charge on any atom is -0.309 e. The molecule has 2 aliphatic rings. The maximum atomic E-state index is 5.62. The molecule has 0 atom stereocenters. The van der Waals surface area contributed by atoms with Gasteiger partial charge in [-0.3, -0.25) is 0 Å². The molecule has 0 N–H and O–H groups in total. The van der Waals surface area contributed by atoms with E-state index in [4.69, 9.17) is 15.0 Å². The lowest BCUT2D eigenvalue weighted by Crippen LogP contribution is -2.25. The van der Waals surface area contributed by atoms with Crippen molar-refractivity contribution in [3.8, 4) is 73.2 Å². The van der Waals surface area contributed by atoms with Crippen molar-refractivity contribution in [2.24, 2.45) is 0 Å². The Labute approximate surface area is 404 Å². The topological polar surface area (TPSA) is 43.6 Å². The average Bonchev–Trinajstić information content (AvgIpc) is 4.05. The summed E-state index contributed by atoms with van der Waals surface area (Å²) in [6, 6.07) is 88.1. The Morgan fingerprint density at radius 1 is 0.286 bits per heavy atom. The molecule has 0 amide bonds. The molecule has 4 nitrogen and oxygen atoms in total. The van der Waals surface area contributed by atoms with Crippen molar-refractivity contribution in [3.63, 3.8) is 0 Å². The smallest absolute Gasteiger partial charge is 0.164 e. The van der Waals surface area contributed by atoms with Crippen LogP contribution in [-0.4, -0.2) is 19.5 Å². The van der Waals surface area contributed by atoms with E-state index >= 15 is 0 Å². The highest BCUT2D eigenvalue weighted by atomic mass is 15.0. The van der Waals surface area contributed by atoms with Gasteiger partial charge >= 0.3 is 0 Å². The highest BCUT2D eigenvalue weighted by molar-refractivity contribution is 6.14. The lowest BCUT2D eigenvalue weighted by atomic mass is 9.70. The summed E-state index contributed by atoms with van der Waals surface area (Å²) in [5.41, 5.74) is 17.9. The van der Waals surface area contributed by atoms with Crippen LogP contribution in [0, 0.1) is 0 Å². The van der Waals surface area contributed by atoms with E-state index < -0.39 is 5.41 Å². The summed E-state index contributed by atoms with van der Waals surface area (Å²) in [5, 5.41) is 7.25. The molecule has 0 unspecified atom stereocenters. The van der Waals surface area contributed by atoms with Crippen molar-refractivity contribution in [2.75, 3.05) is 0 Å². The number of rotatable bonds is 5. The number of fused-ring (bicyclic) bond motifs is 16. The second kappa shape index (κ2) is 14.9. The summed E-state index contributed by atoms with van der Waals surface area (Å²) in [5.74, 6) is 1.86. The number of aromatic nitrogens is 4. The highest BCUT2D eigenvalue weighted by Gasteiger charge is 2.52. The van der Waals surface area contributed by atoms with Gasteiger partial charge in [-0.05, 0) is 114 Å². The molecule has 13 aromatic rings. The predicted octanol–water partition coefficient (Wildman–Crippen LogP) is 16.3. The van der Waals surface area contributed by atoms with Crippen molar-refractivity contribution >= 4 is 43.4 Å². The van der Waals surface area contributed by atoms with Gasteiger partial charge in [0.2, 0.25) is 0 Å². The Morgan fingerprint density at radius 2 is 0.771 bits per heavy atom. The molecule has 0 aliphatic heterocycles. The van der Waals surface area contributed by atoms with E-state index in [1.54, 1.807) is 0 Å². The van der Waals surface area contributed by atoms with Gasteiger partial charge in [0.15, 0.2) is 17.5 Å². The van der Waals surface area contributed by atoms with Crippen molar-refractivity contribution < 1.29 is 0 Å². The molecule has 11 aromatic carbocycles. The summed E-state index contributed by atoms with van der Waals surface area (Å²) in [6.07, 6.45) is 0. The van der Waals surface area contributed by atoms with E-state index in [2.05, 4.69) is 241 Å². The maximum Gasteiger partial charge on any atom is 0.164 e. The van der Waals surface area contributed by atoms with Gasteiger partial charge in [-0.1, -0.05) is 206 Å². The van der Waals surface area contributed by atoms with Gasteiger partial charge in [-0.25, -0.2) is 15.0 Å². The summed E-state index contributed by atoms with van der Waals surface area (Å²) >= 11 is 0. The molecule has 0 saturated heterocycles. The summed E-state index contributed by atoms with van der Waals surface area (Å²) in [4.78, 5) is 16.5. The summed E-state index contributed by atoms with van der Waals surface area (Å²) in [6.45, 7) is 0. The second-order valence-corrected chi connectivity index (χ2v) is 18.6. The molecule has 324 valence electrons. The third kappa shape index (κ3) is 5.44. The summed E-state index contributed by atoms with van der Waals surface area (Å²) < 4.78 is 2.40. The molecule has 0 bridgehead atoms. The van der Waals surface area contributed by atoms with Gasteiger partial charge in [0, 0.05) is 33.2 Å². The van der Waals surface area contributed by atoms with Gasteiger partial charge in [0.25, 0.3) is 0 Å².